The van der Waals surface area contributed by atoms with E-state index in [-0.39, 0.29) is 50.4 Å². The second kappa shape index (κ2) is 11.8. The molecule has 2 aromatic heterocycles. The average Bonchev–Trinajstić information content (AvgIpc) is 3.62. The summed E-state index contributed by atoms with van der Waals surface area (Å²) < 4.78 is 84.5. The lowest BCUT2D eigenvalue weighted by molar-refractivity contribution is -0.0328. The number of alkyl halides is 3. The summed E-state index contributed by atoms with van der Waals surface area (Å²) in [6.07, 6.45) is 4.06. The van der Waals surface area contributed by atoms with Gasteiger partial charge >= 0.3 is 11.5 Å². The summed E-state index contributed by atoms with van der Waals surface area (Å²) in [6, 6.07) is 4.28. The molecule has 46 heavy (non-hydrogen) atoms. The molecule has 2 aromatic carbocycles. The Balaban J connectivity index is 1.44. The van der Waals surface area contributed by atoms with Crippen molar-refractivity contribution in [3.8, 4) is 28.9 Å². The van der Waals surface area contributed by atoms with Gasteiger partial charge in [-0.05, 0) is 74.1 Å². The van der Waals surface area contributed by atoms with E-state index in [4.69, 9.17) is 14.5 Å². The highest BCUT2D eigenvalue weighted by Gasteiger charge is 2.45. The fourth-order valence-electron chi connectivity index (χ4n) is 7.05. The van der Waals surface area contributed by atoms with Gasteiger partial charge in [0.2, 0.25) is 5.88 Å². The smallest absolute Gasteiger partial charge is 0.446 e. The van der Waals surface area contributed by atoms with Gasteiger partial charge in [0, 0.05) is 37.1 Å². The van der Waals surface area contributed by atoms with Crippen molar-refractivity contribution in [2.45, 2.75) is 41.6 Å². The van der Waals surface area contributed by atoms with Gasteiger partial charge in [-0.3, -0.25) is 4.90 Å². The van der Waals surface area contributed by atoms with Crippen LogP contribution in [0.2, 0.25) is 0 Å². The number of anilines is 1. The Hall–Kier alpha value is -3.69. The summed E-state index contributed by atoms with van der Waals surface area (Å²) in [5.74, 6) is -2.26. The van der Waals surface area contributed by atoms with Crippen LogP contribution in [0.25, 0.3) is 32.9 Å². The molecule has 3 aliphatic heterocycles. The number of halogens is 5. The third-order valence-corrected chi connectivity index (χ3v) is 9.92. The molecule has 0 spiro atoms. The van der Waals surface area contributed by atoms with Crippen LogP contribution in [0.1, 0.15) is 25.7 Å². The lowest BCUT2D eigenvalue weighted by Gasteiger charge is -2.32. The zero-order valence-electron chi connectivity index (χ0n) is 24.9. The fourth-order valence-corrected chi connectivity index (χ4v) is 7.78. The number of methoxy groups -OCH3 is 1. The minimum atomic E-state index is -4.84. The van der Waals surface area contributed by atoms with Crippen LogP contribution in [0.5, 0.6) is 17.6 Å². The number of ether oxygens (including phenoxy) is 2. The van der Waals surface area contributed by atoms with Crippen LogP contribution in [0.15, 0.2) is 29.2 Å². The van der Waals surface area contributed by atoms with Gasteiger partial charge in [-0.1, -0.05) is 6.07 Å². The first-order chi connectivity index (χ1) is 22.1. The van der Waals surface area contributed by atoms with Crippen molar-refractivity contribution in [1.29, 1.82) is 0 Å². The van der Waals surface area contributed by atoms with Gasteiger partial charge < -0.3 is 24.8 Å². The van der Waals surface area contributed by atoms with Gasteiger partial charge in [0.25, 0.3) is 0 Å². The van der Waals surface area contributed by atoms with E-state index in [1.165, 1.54) is 19.2 Å². The first-order valence-corrected chi connectivity index (χ1v) is 15.9. The van der Waals surface area contributed by atoms with Crippen LogP contribution in [0.3, 0.4) is 0 Å². The number of rotatable bonds is 7. The van der Waals surface area contributed by atoms with E-state index in [1.54, 1.807) is 0 Å². The quantitative estimate of drug-likeness (QED) is 0.185. The fraction of sp³-hybridized carbons (Fsp3) is 0.452. The Kier molecular flexibility index (Phi) is 7.96. The molecule has 0 radical (unpaired) electrons. The molecule has 0 atom stereocenters. The molecule has 3 saturated heterocycles. The molecule has 0 unspecified atom stereocenters. The van der Waals surface area contributed by atoms with Gasteiger partial charge in [-0.25, -0.2) is 13.8 Å². The van der Waals surface area contributed by atoms with E-state index in [9.17, 15) is 22.7 Å². The van der Waals surface area contributed by atoms with Gasteiger partial charge in [-0.15, -0.1) is 0 Å². The van der Waals surface area contributed by atoms with Crippen LogP contribution in [0.4, 0.5) is 27.8 Å². The normalized spacial score (nSPS) is 18.4. The molecule has 0 amide bonds. The summed E-state index contributed by atoms with van der Waals surface area (Å²) in [5.41, 5.74) is -5.92. The minimum Gasteiger partial charge on any atom is -0.508 e. The van der Waals surface area contributed by atoms with E-state index in [0.29, 0.717) is 38.6 Å². The molecule has 15 heteroatoms. The molecular formula is C31H31F5N6O3S. The first kappa shape index (κ1) is 30.9. The maximum Gasteiger partial charge on any atom is 0.446 e. The van der Waals surface area contributed by atoms with Crippen molar-refractivity contribution in [3.63, 3.8) is 0 Å². The van der Waals surface area contributed by atoms with E-state index in [2.05, 4.69) is 20.2 Å². The molecule has 5 heterocycles. The third kappa shape index (κ3) is 5.51. The van der Waals surface area contributed by atoms with Gasteiger partial charge in [0.05, 0.1) is 17.5 Å². The first-order valence-electron chi connectivity index (χ1n) is 15.1. The number of aromatic nitrogens is 3. The van der Waals surface area contributed by atoms with Gasteiger partial charge in [0.1, 0.15) is 40.6 Å². The maximum absolute atomic E-state index is 16.9. The monoisotopic (exact) mass is 662 g/mol. The maximum atomic E-state index is 16.9. The Labute approximate surface area is 265 Å². The van der Waals surface area contributed by atoms with Gasteiger partial charge in [0.15, 0.2) is 5.82 Å². The van der Waals surface area contributed by atoms with Gasteiger partial charge in [-0.2, -0.15) is 23.1 Å². The Bertz CT molecular complexity index is 1810. The number of pyridine rings is 1. The van der Waals surface area contributed by atoms with Crippen LogP contribution in [-0.2, 0) is 0 Å². The zero-order valence-corrected chi connectivity index (χ0v) is 25.7. The van der Waals surface area contributed by atoms with E-state index in [1.807, 2.05) is 4.90 Å². The van der Waals surface area contributed by atoms with Crippen molar-refractivity contribution >= 4 is 39.3 Å². The van der Waals surface area contributed by atoms with E-state index in [0.717, 1.165) is 50.9 Å². The molecule has 0 saturated carbocycles. The van der Waals surface area contributed by atoms with E-state index >= 15 is 4.39 Å². The lowest BCUT2D eigenvalue weighted by Crippen LogP contribution is -2.44. The molecule has 9 nitrogen and oxygen atoms in total. The number of thioether (sulfide) groups is 1. The minimum absolute atomic E-state index is 0.0487. The summed E-state index contributed by atoms with van der Waals surface area (Å²) in [4.78, 5) is 17.2. The topological polar surface area (TPSA) is 95.9 Å². The Morgan fingerprint density at radius 3 is 2.43 bits per heavy atom. The molecule has 3 fully saturated rings. The molecule has 4 aromatic rings. The van der Waals surface area contributed by atoms with Crippen molar-refractivity contribution in [2.75, 3.05) is 57.9 Å². The number of nitrogens with zero attached hydrogens (tertiary/aromatic N) is 5. The zero-order chi connectivity index (χ0) is 32.2. The second-order valence-electron chi connectivity index (χ2n) is 11.8. The highest BCUT2D eigenvalue weighted by atomic mass is 32.2. The SMILES string of the molecule is COc1nc(-c2cc(O)cc3ccc(F)c(SC(F)(F)F)c23)c(F)c2nc(OCC34CCCN3CCC4)nc(N3CCNCC3)c12. The third-order valence-electron chi connectivity index (χ3n) is 9.08. The summed E-state index contributed by atoms with van der Waals surface area (Å²) >= 11 is -0.660. The molecule has 3 aliphatic rings. The van der Waals surface area contributed by atoms with Crippen molar-refractivity contribution < 1.29 is 36.5 Å². The molecule has 0 aliphatic carbocycles. The standard InChI is InChI=1S/C31H31F5N6O3S/c1-44-28-22-25(23(33)24(38-28)19-15-18(43)14-17-4-5-20(32)26(21(17)19)46-31(34,35)36)39-29(40-27(22)41-12-8-37-9-13-41)45-16-30-6-2-10-42(30)11-3-7-30/h4-5,14-15,37,43H,2-3,6-13,16H2,1H3. The largest absolute Gasteiger partial charge is 0.508 e. The van der Waals surface area contributed by atoms with Crippen molar-refractivity contribution in [1.82, 2.24) is 25.2 Å². The number of aromatic hydroxyl groups is 1. The summed E-state index contributed by atoms with van der Waals surface area (Å²) in [6.45, 7) is 4.69. The molecule has 7 rings (SSSR count). The highest BCUT2D eigenvalue weighted by molar-refractivity contribution is 8.00. The predicted octanol–water partition coefficient (Wildman–Crippen LogP) is 5.87. The van der Waals surface area contributed by atoms with Crippen LogP contribution >= 0.6 is 11.8 Å². The number of fused-ring (bicyclic) bond motifs is 3. The molecular weight excluding hydrogens is 631 g/mol. The Morgan fingerprint density at radius 1 is 1.00 bits per heavy atom. The number of hydrogen-bond donors (Lipinski definition) is 2. The number of phenolic OH excluding ortho intramolecular Hbond substituents is 1. The summed E-state index contributed by atoms with van der Waals surface area (Å²) in [5, 5.41) is 13.8. The number of benzene rings is 2. The highest BCUT2D eigenvalue weighted by Crippen LogP contribution is 2.47. The number of nitrogens with one attached hydrogen (secondary N) is 1. The number of phenols is 1. The molecule has 2 N–H and O–H groups in total. The van der Waals surface area contributed by atoms with Crippen LogP contribution in [0, 0.1) is 11.6 Å². The Morgan fingerprint density at radius 2 is 1.74 bits per heavy atom. The average molecular weight is 663 g/mol. The van der Waals surface area contributed by atoms with Crippen molar-refractivity contribution in [2.24, 2.45) is 0 Å². The second-order valence-corrected chi connectivity index (χ2v) is 12.9. The van der Waals surface area contributed by atoms with E-state index < -0.39 is 39.5 Å². The number of hydrogen-bond acceptors (Lipinski definition) is 10. The van der Waals surface area contributed by atoms with Crippen molar-refractivity contribution in [3.05, 3.63) is 35.9 Å². The lowest BCUT2D eigenvalue weighted by atomic mass is 9.95. The molecule has 0 bridgehead atoms. The summed E-state index contributed by atoms with van der Waals surface area (Å²) in [7, 11) is 1.33. The van der Waals surface area contributed by atoms with Crippen LogP contribution in [-0.4, -0.2) is 89.0 Å². The number of piperazine rings is 1. The molecule has 244 valence electrons. The van der Waals surface area contributed by atoms with Crippen LogP contribution < -0.4 is 19.7 Å². The predicted molar refractivity (Wildman–Crippen MR) is 164 cm³/mol.